The number of hydrogen-bond acceptors (Lipinski definition) is 4. The van der Waals surface area contributed by atoms with Gasteiger partial charge in [-0.3, -0.25) is 14.2 Å². The fraction of sp³-hybridized carbons (Fsp3) is 0.200. The van der Waals surface area contributed by atoms with Gasteiger partial charge in [-0.15, -0.1) is 0 Å². The van der Waals surface area contributed by atoms with Crippen LogP contribution < -0.4 is 5.32 Å². The highest BCUT2D eigenvalue weighted by atomic mass is 35.5. The minimum atomic E-state index is -0.706. The number of aliphatic hydroxyl groups excluding tert-OH is 1. The van der Waals surface area contributed by atoms with E-state index >= 15 is 0 Å². The van der Waals surface area contributed by atoms with Gasteiger partial charge >= 0.3 is 0 Å². The van der Waals surface area contributed by atoms with E-state index in [9.17, 15) is 19.1 Å². The lowest BCUT2D eigenvalue weighted by Gasteiger charge is -2.08. The van der Waals surface area contributed by atoms with Crippen LogP contribution in [0, 0.1) is 12.7 Å². The van der Waals surface area contributed by atoms with Crippen molar-refractivity contribution in [2.45, 2.75) is 13.3 Å². The highest BCUT2D eigenvalue weighted by molar-refractivity contribution is 6.30. The summed E-state index contributed by atoms with van der Waals surface area (Å²) in [5.41, 5.74) is 1.65. The van der Waals surface area contributed by atoms with E-state index in [0.717, 1.165) is 6.07 Å². The largest absolute Gasteiger partial charge is 0.508 e. The van der Waals surface area contributed by atoms with Crippen molar-refractivity contribution in [1.82, 2.24) is 9.88 Å². The van der Waals surface area contributed by atoms with E-state index in [0.29, 0.717) is 22.2 Å². The number of nitrogens with one attached hydrogen (secondary N) is 1. The average Bonchev–Trinajstić information content (AvgIpc) is 2.93. The van der Waals surface area contributed by atoms with Crippen LogP contribution in [0.25, 0.3) is 10.9 Å². The molecule has 0 aliphatic heterocycles. The number of phenols is 1. The Labute approximate surface area is 165 Å². The van der Waals surface area contributed by atoms with Crippen LogP contribution in [0.1, 0.15) is 21.6 Å². The van der Waals surface area contributed by atoms with E-state index in [2.05, 4.69) is 5.32 Å². The SMILES string of the molecule is Cc1c(CC(=O)NCCO)c2cc(O)ccc2n1C(=O)c1ccc(Cl)c(F)c1. The second-order valence-electron chi connectivity index (χ2n) is 6.29. The zero-order valence-electron chi connectivity index (χ0n) is 15.0. The number of benzene rings is 2. The number of fused-ring (bicyclic) bond motifs is 1. The fourth-order valence-electron chi connectivity index (χ4n) is 3.13. The monoisotopic (exact) mass is 404 g/mol. The number of rotatable bonds is 5. The molecule has 2 aromatic carbocycles. The number of phenolic OH excluding ortho intramolecular Hbond substituents is 1. The van der Waals surface area contributed by atoms with E-state index in [1.807, 2.05) is 0 Å². The first-order valence-electron chi connectivity index (χ1n) is 8.53. The van der Waals surface area contributed by atoms with Gasteiger partial charge in [0.2, 0.25) is 5.91 Å². The molecule has 0 radical (unpaired) electrons. The lowest BCUT2D eigenvalue weighted by atomic mass is 10.1. The summed E-state index contributed by atoms with van der Waals surface area (Å²) in [6, 6.07) is 8.26. The van der Waals surface area contributed by atoms with Gasteiger partial charge in [-0.2, -0.15) is 0 Å². The number of aliphatic hydroxyl groups is 1. The van der Waals surface area contributed by atoms with Gasteiger partial charge in [0.25, 0.3) is 5.91 Å². The van der Waals surface area contributed by atoms with Crippen LogP contribution in [-0.2, 0) is 11.2 Å². The molecule has 1 aromatic heterocycles. The molecular weight excluding hydrogens is 387 g/mol. The Bertz CT molecular complexity index is 1080. The van der Waals surface area contributed by atoms with Crippen molar-refractivity contribution in [2.75, 3.05) is 13.2 Å². The Kier molecular flexibility index (Phi) is 5.67. The average molecular weight is 405 g/mol. The smallest absolute Gasteiger partial charge is 0.262 e. The molecule has 0 fully saturated rings. The number of aromatic nitrogens is 1. The van der Waals surface area contributed by atoms with Gasteiger partial charge in [0.15, 0.2) is 0 Å². The molecule has 6 nitrogen and oxygen atoms in total. The van der Waals surface area contributed by atoms with E-state index in [1.165, 1.54) is 28.8 Å². The second kappa shape index (κ2) is 8.00. The number of carbonyl (C=O) groups excluding carboxylic acids is 2. The molecule has 0 spiro atoms. The Hall–Kier alpha value is -2.90. The zero-order valence-corrected chi connectivity index (χ0v) is 15.8. The molecule has 3 N–H and O–H groups in total. The molecule has 0 saturated heterocycles. The molecule has 0 saturated carbocycles. The number of carbonyl (C=O) groups is 2. The predicted molar refractivity (Wildman–Crippen MR) is 103 cm³/mol. The van der Waals surface area contributed by atoms with Crippen molar-refractivity contribution in [3.63, 3.8) is 0 Å². The highest BCUT2D eigenvalue weighted by Gasteiger charge is 2.22. The lowest BCUT2D eigenvalue weighted by Crippen LogP contribution is -2.28. The highest BCUT2D eigenvalue weighted by Crippen LogP contribution is 2.30. The molecule has 0 bridgehead atoms. The van der Waals surface area contributed by atoms with Crippen LogP contribution in [0.3, 0.4) is 0 Å². The summed E-state index contributed by atoms with van der Waals surface area (Å²) in [5.74, 6) is -1.52. The Balaban J connectivity index is 2.12. The van der Waals surface area contributed by atoms with Gasteiger partial charge in [0.05, 0.1) is 23.6 Å². The number of aromatic hydroxyl groups is 1. The maximum atomic E-state index is 13.8. The molecule has 3 aromatic rings. The molecule has 1 amide bonds. The third-order valence-electron chi connectivity index (χ3n) is 4.46. The van der Waals surface area contributed by atoms with E-state index in [1.54, 1.807) is 13.0 Å². The summed E-state index contributed by atoms with van der Waals surface area (Å²) in [4.78, 5) is 25.2. The molecule has 0 aliphatic carbocycles. The topological polar surface area (TPSA) is 91.6 Å². The van der Waals surface area contributed by atoms with Crippen LogP contribution in [0.2, 0.25) is 5.02 Å². The van der Waals surface area contributed by atoms with Gasteiger partial charge in [0.1, 0.15) is 11.6 Å². The molecule has 1 heterocycles. The van der Waals surface area contributed by atoms with Crippen LogP contribution in [0.5, 0.6) is 5.75 Å². The first kappa shape index (κ1) is 19.9. The van der Waals surface area contributed by atoms with Gasteiger partial charge < -0.3 is 15.5 Å². The van der Waals surface area contributed by atoms with Crippen LogP contribution >= 0.6 is 11.6 Å². The van der Waals surface area contributed by atoms with Crippen molar-refractivity contribution in [2.24, 2.45) is 0 Å². The number of amides is 1. The Morgan fingerprint density at radius 1 is 1.21 bits per heavy atom. The summed E-state index contributed by atoms with van der Waals surface area (Å²) in [7, 11) is 0. The number of hydrogen-bond donors (Lipinski definition) is 3. The van der Waals surface area contributed by atoms with Crippen LogP contribution in [0.15, 0.2) is 36.4 Å². The maximum absolute atomic E-state index is 13.8. The van der Waals surface area contributed by atoms with Gasteiger partial charge in [-0.25, -0.2) is 4.39 Å². The van der Waals surface area contributed by atoms with Gasteiger partial charge in [-0.1, -0.05) is 11.6 Å². The summed E-state index contributed by atoms with van der Waals surface area (Å²) in [6.45, 7) is 1.61. The van der Waals surface area contributed by atoms with E-state index in [-0.39, 0.29) is 41.8 Å². The molecule has 3 rings (SSSR count). The molecule has 146 valence electrons. The molecule has 0 aliphatic rings. The Morgan fingerprint density at radius 3 is 2.64 bits per heavy atom. The van der Waals surface area contributed by atoms with E-state index < -0.39 is 11.7 Å². The summed E-state index contributed by atoms with van der Waals surface area (Å²) in [6.07, 6.45) is -0.0406. The Morgan fingerprint density at radius 2 is 1.96 bits per heavy atom. The quantitative estimate of drug-likeness (QED) is 0.609. The van der Waals surface area contributed by atoms with E-state index in [4.69, 9.17) is 16.7 Å². The first-order chi connectivity index (χ1) is 13.3. The summed E-state index contributed by atoms with van der Waals surface area (Å²) < 4.78 is 15.2. The molecule has 0 unspecified atom stereocenters. The number of nitrogens with zero attached hydrogens (tertiary/aromatic N) is 1. The third-order valence-corrected chi connectivity index (χ3v) is 4.77. The first-order valence-corrected chi connectivity index (χ1v) is 8.91. The minimum Gasteiger partial charge on any atom is -0.508 e. The summed E-state index contributed by atoms with van der Waals surface area (Å²) >= 11 is 5.70. The van der Waals surface area contributed by atoms with Gasteiger partial charge in [0, 0.05) is 23.2 Å². The van der Waals surface area contributed by atoms with Crippen molar-refractivity contribution in [3.05, 3.63) is 64.1 Å². The molecule has 28 heavy (non-hydrogen) atoms. The van der Waals surface area contributed by atoms with Crippen LogP contribution in [0.4, 0.5) is 4.39 Å². The normalized spacial score (nSPS) is 11.0. The molecule has 0 atom stereocenters. The molecular formula is C20H18ClFN2O4. The van der Waals surface area contributed by atoms with Crippen molar-refractivity contribution >= 4 is 34.3 Å². The molecule has 8 heteroatoms. The van der Waals surface area contributed by atoms with Crippen LogP contribution in [-0.4, -0.2) is 39.7 Å². The standard InChI is InChI=1S/C20H18ClFN2O4/c1-11-14(10-19(27)23-6-7-25)15-9-13(26)3-5-18(15)24(11)20(28)12-2-4-16(21)17(22)8-12/h2-5,8-9,25-26H,6-7,10H2,1H3,(H,23,27). The van der Waals surface area contributed by atoms with Crippen molar-refractivity contribution < 1.29 is 24.2 Å². The number of halogens is 2. The lowest BCUT2D eigenvalue weighted by molar-refractivity contribution is -0.120. The predicted octanol–water partition coefficient (Wildman–Crippen LogP) is 2.79. The summed E-state index contributed by atoms with van der Waals surface area (Å²) in [5, 5.41) is 21.7. The zero-order chi connectivity index (χ0) is 20.4. The second-order valence-corrected chi connectivity index (χ2v) is 6.69. The maximum Gasteiger partial charge on any atom is 0.262 e. The van der Waals surface area contributed by atoms with Crippen molar-refractivity contribution in [1.29, 1.82) is 0 Å². The third kappa shape index (κ3) is 3.72. The van der Waals surface area contributed by atoms with Crippen molar-refractivity contribution in [3.8, 4) is 5.75 Å². The van der Waals surface area contributed by atoms with Gasteiger partial charge in [-0.05, 0) is 48.9 Å². The minimum absolute atomic E-state index is 0.00773. The fourth-order valence-corrected chi connectivity index (χ4v) is 3.25.